The van der Waals surface area contributed by atoms with Gasteiger partial charge in [0.2, 0.25) is 0 Å². The Morgan fingerprint density at radius 3 is 0.939 bits per heavy atom. The van der Waals surface area contributed by atoms with Crippen LogP contribution in [0.25, 0.3) is 0 Å². The summed E-state index contributed by atoms with van der Waals surface area (Å²) < 4.78 is 1.20. The summed E-state index contributed by atoms with van der Waals surface area (Å²) in [6, 6.07) is 2.91. The predicted octanol–water partition coefficient (Wildman–Crippen LogP) is 2.85. The molecule has 3 heterocycles. The highest BCUT2D eigenvalue weighted by Crippen LogP contribution is 2.09. The first-order chi connectivity index (χ1) is 15.3. The Hall–Kier alpha value is -0.240. The van der Waals surface area contributed by atoms with Gasteiger partial charge in [0, 0.05) is 89.6 Å². The number of hydrogen-bond acceptors (Lipinski definition) is 5. The Kier molecular flexibility index (Phi) is 14.0. The van der Waals surface area contributed by atoms with Gasteiger partial charge < -0.3 is 9.38 Å². The van der Waals surface area contributed by atoms with Crippen LogP contribution in [0, 0.1) is 0 Å². The molecule has 3 fully saturated rings. The van der Waals surface area contributed by atoms with Crippen molar-refractivity contribution in [2.75, 3.05) is 99.7 Å². The van der Waals surface area contributed by atoms with E-state index < -0.39 is 0 Å². The van der Waals surface area contributed by atoms with E-state index in [1.165, 1.54) is 83.0 Å². The molecule has 6 heteroatoms. The molecule has 0 bridgehead atoms. The van der Waals surface area contributed by atoms with E-state index in [9.17, 15) is 0 Å². The van der Waals surface area contributed by atoms with E-state index in [2.05, 4.69) is 101 Å². The van der Waals surface area contributed by atoms with Gasteiger partial charge in [0.1, 0.15) is 0 Å². The molecule has 3 aliphatic heterocycles. The highest BCUT2D eigenvalue weighted by Gasteiger charge is 2.25. The van der Waals surface area contributed by atoms with E-state index in [0.717, 1.165) is 24.2 Å². The maximum absolute atomic E-state index is 2.56. The minimum atomic E-state index is 0.722. The zero-order valence-electron chi connectivity index (χ0n) is 24.5. The fourth-order valence-electron chi connectivity index (χ4n) is 4.65. The molecule has 0 aliphatic carbocycles. The lowest BCUT2D eigenvalue weighted by molar-refractivity contribution is -0.894. The van der Waals surface area contributed by atoms with Gasteiger partial charge in [-0.2, -0.15) is 0 Å². The summed E-state index contributed by atoms with van der Waals surface area (Å²) in [5.41, 5.74) is 0. The number of piperazine rings is 3. The molecule has 0 radical (unpaired) electrons. The number of nitrogens with zero attached hydrogens (tertiary/aromatic N) is 6. The van der Waals surface area contributed by atoms with Gasteiger partial charge in [-0.15, -0.1) is 0 Å². The van der Waals surface area contributed by atoms with Crippen molar-refractivity contribution in [1.29, 1.82) is 0 Å². The van der Waals surface area contributed by atoms with Gasteiger partial charge in [-0.3, -0.25) is 19.6 Å². The van der Waals surface area contributed by atoms with Crippen molar-refractivity contribution in [2.45, 2.75) is 79.6 Å². The van der Waals surface area contributed by atoms with Crippen molar-refractivity contribution in [3.63, 3.8) is 0 Å². The van der Waals surface area contributed by atoms with Crippen molar-refractivity contribution < 1.29 is 4.48 Å². The summed E-state index contributed by atoms with van der Waals surface area (Å²) in [6.45, 7) is 33.3. The standard InChI is InChI=1S/C10H22N2.C9H21N2.C8H18N2/c1-9(2)11-5-7-12(8-6-11)10(3)4;1-9(2)10-5-7-11(3,4)8-6-10;1-8(2)10-6-4-9(3)5-7-10/h9-10H,5-8H2,1-4H3;9H,5-8H2,1-4H3;8H,4-7H2,1-3H3/q;+1;. The third-order valence-corrected chi connectivity index (χ3v) is 7.79. The molecule has 3 aliphatic rings. The van der Waals surface area contributed by atoms with Gasteiger partial charge in [0.15, 0.2) is 0 Å². The smallest absolute Gasteiger partial charge is 0.0912 e. The maximum atomic E-state index is 2.56. The number of quaternary nitrogens is 1. The second-order valence-electron chi connectivity index (χ2n) is 12.2. The van der Waals surface area contributed by atoms with Crippen molar-refractivity contribution in [3.05, 3.63) is 0 Å². The first kappa shape index (κ1) is 30.8. The molecular weight excluding hydrogens is 408 g/mol. The van der Waals surface area contributed by atoms with Crippen LogP contribution in [0.5, 0.6) is 0 Å². The van der Waals surface area contributed by atoms with E-state index in [4.69, 9.17) is 0 Å². The first-order valence-corrected chi connectivity index (χ1v) is 13.8. The van der Waals surface area contributed by atoms with E-state index in [0.29, 0.717) is 0 Å². The second-order valence-corrected chi connectivity index (χ2v) is 12.2. The van der Waals surface area contributed by atoms with Crippen LogP contribution in [0.2, 0.25) is 0 Å². The highest BCUT2D eigenvalue weighted by molar-refractivity contribution is 4.76. The minimum absolute atomic E-state index is 0.722. The van der Waals surface area contributed by atoms with Crippen molar-refractivity contribution >= 4 is 0 Å². The van der Waals surface area contributed by atoms with Crippen LogP contribution in [-0.4, -0.2) is 153 Å². The topological polar surface area (TPSA) is 16.2 Å². The van der Waals surface area contributed by atoms with Crippen LogP contribution >= 0.6 is 0 Å². The van der Waals surface area contributed by atoms with Crippen LogP contribution in [-0.2, 0) is 0 Å². The molecule has 33 heavy (non-hydrogen) atoms. The van der Waals surface area contributed by atoms with Crippen molar-refractivity contribution in [3.8, 4) is 0 Å². The number of rotatable bonds is 4. The number of hydrogen-bond donors (Lipinski definition) is 0. The van der Waals surface area contributed by atoms with Crippen molar-refractivity contribution in [1.82, 2.24) is 24.5 Å². The molecule has 6 nitrogen and oxygen atoms in total. The molecule has 0 amide bonds. The molecule has 198 valence electrons. The third-order valence-electron chi connectivity index (χ3n) is 7.79. The lowest BCUT2D eigenvalue weighted by Crippen LogP contribution is -2.56. The van der Waals surface area contributed by atoms with Crippen LogP contribution in [0.3, 0.4) is 0 Å². The van der Waals surface area contributed by atoms with E-state index >= 15 is 0 Å². The van der Waals surface area contributed by atoms with E-state index in [1.54, 1.807) is 0 Å². The highest BCUT2D eigenvalue weighted by atomic mass is 15.4. The predicted molar refractivity (Wildman–Crippen MR) is 146 cm³/mol. The summed E-state index contributed by atoms with van der Waals surface area (Å²) in [6.07, 6.45) is 0. The quantitative estimate of drug-likeness (QED) is 0.587. The minimum Gasteiger partial charge on any atom is -0.326 e. The monoisotopic (exact) mass is 469 g/mol. The molecule has 0 aromatic rings. The Balaban J connectivity index is 0.000000249. The maximum Gasteiger partial charge on any atom is 0.0912 e. The van der Waals surface area contributed by atoms with Gasteiger partial charge in [0.25, 0.3) is 0 Å². The summed E-state index contributed by atoms with van der Waals surface area (Å²) in [5.74, 6) is 0. The molecule has 0 saturated carbocycles. The van der Waals surface area contributed by atoms with Crippen LogP contribution < -0.4 is 0 Å². The Labute approximate surface area is 208 Å². The normalized spacial score (nSPS) is 24.1. The van der Waals surface area contributed by atoms with E-state index in [1.807, 2.05) is 0 Å². The Bertz CT molecular complexity index is 463. The fraction of sp³-hybridized carbons (Fsp3) is 1.00. The zero-order chi connectivity index (χ0) is 25.2. The fourth-order valence-corrected chi connectivity index (χ4v) is 4.65. The molecule has 0 atom stereocenters. The van der Waals surface area contributed by atoms with Crippen LogP contribution in [0.15, 0.2) is 0 Å². The van der Waals surface area contributed by atoms with Crippen molar-refractivity contribution in [2.24, 2.45) is 0 Å². The van der Waals surface area contributed by atoms with Gasteiger partial charge in [-0.25, -0.2) is 0 Å². The van der Waals surface area contributed by atoms with Gasteiger partial charge in [-0.05, 0) is 62.4 Å². The van der Waals surface area contributed by atoms with Crippen LogP contribution in [0.1, 0.15) is 55.4 Å². The molecule has 3 saturated heterocycles. The van der Waals surface area contributed by atoms with E-state index in [-0.39, 0.29) is 0 Å². The number of likely N-dealkylation sites (N-methyl/N-ethyl adjacent to an activating group) is 2. The Morgan fingerprint density at radius 2 is 0.667 bits per heavy atom. The molecule has 0 unspecified atom stereocenters. The third kappa shape index (κ3) is 12.3. The average Bonchev–Trinajstić information content (AvgIpc) is 2.74. The summed E-state index contributed by atoms with van der Waals surface area (Å²) >= 11 is 0. The average molecular weight is 470 g/mol. The zero-order valence-corrected chi connectivity index (χ0v) is 24.5. The van der Waals surface area contributed by atoms with Gasteiger partial charge in [-0.1, -0.05) is 0 Å². The summed E-state index contributed by atoms with van der Waals surface area (Å²) in [4.78, 5) is 12.6. The molecule has 3 rings (SSSR count). The summed E-state index contributed by atoms with van der Waals surface area (Å²) in [5, 5.41) is 0. The summed E-state index contributed by atoms with van der Waals surface area (Å²) in [7, 11) is 6.83. The van der Waals surface area contributed by atoms with Crippen LogP contribution in [0.4, 0.5) is 0 Å². The molecule has 0 aromatic carbocycles. The lowest BCUT2D eigenvalue weighted by atomic mass is 10.2. The largest absolute Gasteiger partial charge is 0.326 e. The lowest BCUT2D eigenvalue weighted by Gasteiger charge is -2.40. The van der Waals surface area contributed by atoms with Gasteiger partial charge in [0.05, 0.1) is 27.2 Å². The second kappa shape index (κ2) is 15.0. The first-order valence-electron chi connectivity index (χ1n) is 13.8. The molecule has 0 spiro atoms. The molecule has 0 N–H and O–H groups in total. The molecule has 0 aromatic heterocycles. The van der Waals surface area contributed by atoms with Gasteiger partial charge >= 0.3 is 0 Å². The Morgan fingerprint density at radius 1 is 0.424 bits per heavy atom. The SMILES string of the molecule is CC(C)N1CCN(C(C)C)CC1.CC(C)N1CCN(C)CC1.CC(C)N1CC[N+](C)(C)CC1. The molecular formula is C27H61N6+.